The number of sulfonamides is 1. The highest BCUT2D eigenvalue weighted by Crippen LogP contribution is 2.22. The molecule has 2 aromatic carbocycles. The lowest BCUT2D eigenvalue weighted by Gasteiger charge is -2.34. The Balaban J connectivity index is 1.59. The molecular weight excluding hydrogens is 444 g/mol. The van der Waals surface area contributed by atoms with Crippen LogP contribution < -0.4 is 16.2 Å². The Morgan fingerprint density at radius 2 is 1.73 bits per heavy atom. The first kappa shape index (κ1) is 24.7. The molecule has 2 amide bonds. The highest BCUT2D eigenvalue weighted by atomic mass is 32.2. The minimum Gasteiger partial charge on any atom is -0.376 e. The smallest absolute Gasteiger partial charge is 0.269 e. The third kappa shape index (κ3) is 6.31. The number of rotatable bonds is 6. The number of benzene rings is 2. The number of nitrogens with zero attached hydrogens (tertiary/aromatic N) is 1. The fourth-order valence-corrected chi connectivity index (χ4v) is 5.34. The van der Waals surface area contributed by atoms with Crippen molar-refractivity contribution in [3.8, 4) is 0 Å². The van der Waals surface area contributed by atoms with Crippen molar-refractivity contribution in [2.24, 2.45) is 0 Å². The van der Waals surface area contributed by atoms with Crippen molar-refractivity contribution in [3.63, 3.8) is 0 Å². The first-order valence-electron chi connectivity index (χ1n) is 10.7. The average Bonchev–Trinajstić information content (AvgIpc) is 2.76. The topological polar surface area (TPSA) is 117 Å². The van der Waals surface area contributed by atoms with Crippen molar-refractivity contribution in [2.45, 2.75) is 44.8 Å². The first-order chi connectivity index (χ1) is 15.6. The van der Waals surface area contributed by atoms with Gasteiger partial charge in [-0.3, -0.25) is 20.4 Å². The van der Waals surface area contributed by atoms with Crippen molar-refractivity contribution in [1.29, 1.82) is 0 Å². The molecule has 178 valence electrons. The molecule has 1 aliphatic rings. The van der Waals surface area contributed by atoms with E-state index in [0.717, 1.165) is 16.8 Å². The lowest BCUT2D eigenvalue weighted by Crippen LogP contribution is -2.48. The molecule has 0 spiro atoms. The van der Waals surface area contributed by atoms with Crippen LogP contribution in [0.2, 0.25) is 0 Å². The first-order valence-corrected chi connectivity index (χ1v) is 12.2. The van der Waals surface area contributed by atoms with E-state index >= 15 is 0 Å². The maximum atomic E-state index is 13.0. The Labute approximate surface area is 194 Å². The van der Waals surface area contributed by atoms with E-state index in [1.54, 1.807) is 0 Å². The van der Waals surface area contributed by atoms with Gasteiger partial charge >= 0.3 is 0 Å². The molecule has 1 aliphatic heterocycles. The Hall–Kier alpha value is -2.95. The molecule has 2 atom stereocenters. The van der Waals surface area contributed by atoms with Gasteiger partial charge in [-0.05, 0) is 57.5 Å². The van der Waals surface area contributed by atoms with E-state index in [0.29, 0.717) is 0 Å². The van der Waals surface area contributed by atoms with Gasteiger partial charge in [-0.15, -0.1) is 0 Å². The molecule has 1 fully saturated rings. The quantitative estimate of drug-likeness (QED) is 0.551. The molecule has 1 heterocycles. The van der Waals surface area contributed by atoms with E-state index in [4.69, 9.17) is 4.74 Å². The van der Waals surface area contributed by atoms with Crippen LogP contribution in [-0.4, -0.2) is 56.4 Å². The van der Waals surface area contributed by atoms with Crippen LogP contribution in [0.15, 0.2) is 47.4 Å². The van der Waals surface area contributed by atoms with Crippen LogP contribution in [0.1, 0.15) is 35.3 Å². The van der Waals surface area contributed by atoms with Gasteiger partial charge in [0.1, 0.15) is 0 Å². The van der Waals surface area contributed by atoms with Gasteiger partial charge in [-0.25, -0.2) is 8.42 Å². The molecule has 9 nitrogen and oxygen atoms in total. The second-order valence-electron chi connectivity index (χ2n) is 8.28. The van der Waals surface area contributed by atoms with Crippen LogP contribution in [0.4, 0.5) is 5.69 Å². The van der Waals surface area contributed by atoms with Gasteiger partial charge in [0.05, 0.1) is 23.6 Å². The molecule has 0 aliphatic carbocycles. The monoisotopic (exact) mass is 474 g/mol. The highest BCUT2D eigenvalue weighted by Gasteiger charge is 2.32. The standard InChI is InChI=1S/C23H30N4O5S/c1-15-8-9-21(16(2)10-15)24-12-22(28)25-26-23(29)19-6-5-7-20(11-19)33(30,31)27-13-17(3)32-18(4)14-27/h5-11,17-18,24H,12-14H2,1-4H3,(H,25,28)(H,26,29). The number of hydrogen-bond acceptors (Lipinski definition) is 6. The van der Waals surface area contributed by atoms with Gasteiger partial charge in [-0.1, -0.05) is 23.8 Å². The van der Waals surface area contributed by atoms with E-state index in [1.807, 2.05) is 45.9 Å². The minimum atomic E-state index is -3.79. The van der Waals surface area contributed by atoms with E-state index in [1.165, 1.54) is 28.6 Å². The van der Waals surface area contributed by atoms with Gasteiger partial charge in [0.25, 0.3) is 11.8 Å². The number of anilines is 1. The van der Waals surface area contributed by atoms with Gasteiger partial charge < -0.3 is 10.1 Å². The zero-order valence-electron chi connectivity index (χ0n) is 19.2. The van der Waals surface area contributed by atoms with Crippen LogP contribution >= 0.6 is 0 Å². The molecule has 0 bridgehead atoms. The summed E-state index contributed by atoms with van der Waals surface area (Å²) in [6.45, 7) is 8.01. The van der Waals surface area contributed by atoms with Gasteiger partial charge in [0, 0.05) is 24.3 Å². The van der Waals surface area contributed by atoms with Crippen LogP contribution in [0, 0.1) is 13.8 Å². The van der Waals surface area contributed by atoms with Crippen molar-refractivity contribution in [3.05, 3.63) is 59.2 Å². The van der Waals surface area contributed by atoms with Crippen LogP contribution in [0.25, 0.3) is 0 Å². The predicted octanol–water partition coefficient (Wildman–Crippen LogP) is 1.97. The Morgan fingerprint density at radius 3 is 2.39 bits per heavy atom. The summed E-state index contributed by atoms with van der Waals surface area (Å²) < 4.78 is 33.1. The van der Waals surface area contributed by atoms with E-state index in [9.17, 15) is 18.0 Å². The summed E-state index contributed by atoms with van der Waals surface area (Å²) >= 11 is 0. The number of amides is 2. The summed E-state index contributed by atoms with van der Waals surface area (Å²) in [5.74, 6) is -1.06. The molecular formula is C23H30N4O5S. The highest BCUT2D eigenvalue weighted by molar-refractivity contribution is 7.89. The second-order valence-corrected chi connectivity index (χ2v) is 10.2. The van der Waals surface area contributed by atoms with E-state index < -0.39 is 21.8 Å². The van der Waals surface area contributed by atoms with Crippen LogP contribution in [0.3, 0.4) is 0 Å². The summed E-state index contributed by atoms with van der Waals surface area (Å²) in [5.41, 5.74) is 7.74. The molecule has 2 unspecified atom stereocenters. The normalized spacial score (nSPS) is 19.0. The summed E-state index contributed by atoms with van der Waals surface area (Å²) in [6.07, 6.45) is -0.440. The summed E-state index contributed by atoms with van der Waals surface area (Å²) in [4.78, 5) is 24.6. The number of hydrogen-bond donors (Lipinski definition) is 3. The van der Waals surface area contributed by atoms with E-state index in [2.05, 4.69) is 16.2 Å². The number of nitrogens with one attached hydrogen (secondary N) is 3. The van der Waals surface area contributed by atoms with Gasteiger partial charge in [-0.2, -0.15) is 4.31 Å². The lowest BCUT2D eigenvalue weighted by molar-refractivity contribution is -0.120. The third-order valence-electron chi connectivity index (χ3n) is 5.26. The predicted molar refractivity (Wildman–Crippen MR) is 125 cm³/mol. The molecule has 3 rings (SSSR count). The largest absolute Gasteiger partial charge is 0.376 e. The molecule has 10 heteroatoms. The second kappa shape index (κ2) is 10.3. The number of carbonyl (C=O) groups is 2. The SMILES string of the molecule is Cc1ccc(NCC(=O)NNC(=O)c2cccc(S(=O)(=O)N3CC(C)OC(C)C3)c2)c(C)c1. The minimum absolute atomic E-state index is 0.0132. The fourth-order valence-electron chi connectivity index (χ4n) is 3.70. The molecule has 0 radical (unpaired) electrons. The number of carbonyl (C=O) groups excluding carboxylic acids is 2. The van der Waals surface area contributed by atoms with Crippen molar-refractivity contribution < 1.29 is 22.7 Å². The van der Waals surface area contributed by atoms with E-state index in [-0.39, 0.29) is 42.3 Å². The number of morpholine rings is 1. The third-order valence-corrected chi connectivity index (χ3v) is 7.08. The zero-order valence-corrected chi connectivity index (χ0v) is 20.0. The van der Waals surface area contributed by atoms with Crippen LogP contribution in [-0.2, 0) is 19.6 Å². The number of hydrazine groups is 1. The Kier molecular flexibility index (Phi) is 7.72. The summed E-state index contributed by atoms with van der Waals surface area (Å²) in [6, 6.07) is 11.6. The fraction of sp³-hybridized carbons (Fsp3) is 0.391. The molecule has 3 N–H and O–H groups in total. The average molecular weight is 475 g/mol. The Morgan fingerprint density at radius 1 is 1.03 bits per heavy atom. The number of ether oxygens (including phenoxy) is 1. The molecule has 1 saturated heterocycles. The van der Waals surface area contributed by atoms with Crippen molar-refractivity contribution in [1.82, 2.24) is 15.2 Å². The van der Waals surface area contributed by atoms with Gasteiger partial charge in [0.2, 0.25) is 10.0 Å². The molecule has 33 heavy (non-hydrogen) atoms. The molecule has 0 aromatic heterocycles. The zero-order chi connectivity index (χ0) is 24.2. The van der Waals surface area contributed by atoms with Crippen molar-refractivity contribution >= 4 is 27.5 Å². The number of aryl methyl sites for hydroxylation is 2. The molecule has 2 aromatic rings. The Bertz CT molecular complexity index is 1130. The maximum Gasteiger partial charge on any atom is 0.269 e. The molecule has 0 saturated carbocycles. The summed E-state index contributed by atoms with van der Waals surface area (Å²) in [5, 5.41) is 3.02. The van der Waals surface area contributed by atoms with Crippen molar-refractivity contribution in [2.75, 3.05) is 25.0 Å². The maximum absolute atomic E-state index is 13.0. The van der Waals surface area contributed by atoms with Crippen LogP contribution in [0.5, 0.6) is 0 Å². The van der Waals surface area contributed by atoms with Gasteiger partial charge in [0.15, 0.2) is 0 Å². The summed E-state index contributed by atoms with van der Waals surface area (Å²) in [7, 11) is -3.79. The lowest BCUT2D eigenvalue weighted by atomic mass is 10.1.